The monoisotopic (exact) mass is 323 g/mol. The second-order valence-electron chi connectivity index (χ2n) is 6.01. The highest BCUT2D eigenvalue weighted by molar-refractivity contribution is 9.10. The van der Waals surface area contributed by atoms with E-state index in [0.717, 1.165) is 28.6 Å². The Morgan fingerprint density at radius 1 is 1.42 bits per heavy atom. The van der Waals surface area contributed by atoms with E-state index in [-0.39, 0.29) is 11.6 Å². The average Bonchev–Trinajstić information content (AvgIpc) is 2.38. The summed E-state index contributed by atoms with van der Waals surface area (Å²) in [6.45, 7) is 2.28. The molecule has 1 spiro atoms. The van der Waals surface area contributed by atoms with E-state index < -0.39 is 0 Å². The van der Waals surface area contributed by atoms with Gasteiger partial charge < -0.3 is 10.5 Å². The lowest BCUT2D eigenvalue weighted by molar-refractivity contribution is -0.0490. The zero-order valence-electron chi connectivity index (χ0n) is 11.5. The Balaban J connectivity index is 1.98. The van der Waals surface area contributed by atoms with E-state index in [1.54, 1.807) is 0 Å². The molecule has 2 N–H and O–H groups in total. The van der Waals surface area contributed by atoms with Crippen LogP contribution in [0.1, 0.15) is 57.1 Å². The van der Waals surface area contributed by atoms with Gasteiger partial charge in [0, 0.05) is 22.5 Å². The highest BCUT2D eigenvalue weighted by Crippen LogP contribution is 2.49. The minimum atomic E-state index is -0.0137. The summed E-state index contributed by atoms with van der Waals surface area (Å²) in [5.74, 6) is 1.65. The largest absolute Gasteiger partial charge is 0.487 e. The normalized spacial score (nSPS) is 33.8. The lowest BCUT2D eigenvalue weighted by atomic mass is 9.69. The third kappa shape index (κ3) is 2.31. The van der Waals surface area contributed by atoms with Crippen LogP contribution in [0.25, 0.3) is 0 Å². The summed E-state index contributed by atoms with van der Waals surface area (Å²) in [6, 6.07) is 6.35. The first-order valence-electron chi connectivity index (χ1n) is 7.38. The van der Waals surface area contributed by atoms with E-state index >= 15 is 0 Å². The molecule has 0 aromatic heterocycles. The molecule has 0 bridgehead atoms. The molecule has 0 radical (unpaired) electrons. The van der Waals surface area contributed by atoms with Gasteiger partial charge in [0.1, 0.15) is 11.4 Å². The molecule has 104 valence electrons. The van der Waals surface area contributed by atoms with Crippen LogP contribution in [0.15, 0.2) is 22.7 Å². The van der Waals surface area contributed by atoms with E-state index in [9.17, 15) is 0 Å². The number of halogens is 1. The van der Waals surface area contributed by atoms with Crippen LogP contribution in [-0.4, -0.2) is 5.60 Å². The SMILES string of the molecule is CCC1CCCCC12C[C@@H](N)c1ccc(Br)cc1O2. The molecule has 1 saturated carbocycles. The highest BCUT2D eigenvalue weighted by Gasteiger charge is 2.46. The molecule has 1 aliphatic heterocycles. The summed E-state index contributed by atoms with van der Waals surface area (Å²) >= 11 is 3.53. The van der Waals surface area contributed by atoms with E-state index in [0.29, 0.717) is 5.92 Å². The Kier molecular flexibility index (Phi) is 3.61. The van der Waals surface area contributed by atoms with Crippen molar-refractivity contribution in [1.29, 1.82) is 0 Å². The summed E-state index contributed by atoms with van der Waals surface area (Å²) in [6.07, 6.45) is 7.21. The zero-order valence-corrected chi connectivity index (χ0v) is 13.1. The fourth-order valence-electron chi connectivity index (χ4n) is 3.91. The molecule has 2 aliphatic rings. The van der Waals surface area contributed by atoms with E-state index in [2.05, 4.69) is 41.1 Å². The van der Waals surface area contributed by atoms with Gasteiger partial charge in [-0.1, -0.05) is 35.3 Å². The number of ether oxygens (including phenoxy) is 1. The van der Waals surface area contributed by atoms with Crippen molar-refractivity contribution in [3.05, 3.63) is 28.2 Å². The molecule has 19 heavy (non-hydrogen) atoms. The summed E-state index contributed by atoms with van der Waals surface area (Å²) in [5, 5.41) is 0. The van der Waals surface area contributed by atoms with Gasteiger partial charge >= 0.3 is 0 Å². The van der Waals surface area contributed by atoms with Gasteiger partial charge in [-0.2, -0.15) is 0 Å². The minimum absolute atomic E-state index is 0.0137. The Hall–Kier alpha value is -0.540. The third-order valence-electron chi connectivity index (χ3n) is 4.89. The molecule has 0 saturated heterocycles. The number of fused-ring (bicyclic) bond motifs is 1. The van der Waals surface area contributed by atoms with Crippen LogP contribution in [0.4, 0.5) is 0 Å². The first-order chi connectivity index (χ1) is 9.14. The molecule has 1 heterocycles. The summed E-state index contributed by atoms with van der Waals surface area (Å²) < 4.78 is 7.57. The van der Waals surface area contributed by atoms with Gasteiger partial charge in [-0.3, -0.25) is 0 Å². The Bertz CT molecular complexity index is 476. The van der Waals surface area contributed by atoms with Crippen molar-refractivity contribution in [2.45, 2.75) is 57.1 Å². The lowest BCUT2D eigenvalue weighted by Gasteiger charge is -2.48. The Labute approximate surface area is 123 Å². The molecule has 3 heteroatoms. The van der Waals surface area contributed by atoms with Crippen LogP contribution < -0.4 is 10.5 Å². The predicted molar refractivity (Wildman–Crippen MR) is 81.3 cm³/mol. The van der Waals surface area contributed by atoms with Crippen molar-refractivity contribution >= 4 is 15.9 Å². The predicted octanol–water partition coefficient (Wildman–Crippen LogP) is 4.57. The van der Waals surface area contributed by atoms with Gasteiger partial charge in [0.2, 0.25) is 0 Å². The first kappa shape index (κ1) is 13.4. The van der Waals surface area contributed by atoms with E-state index in [1.165, 1.54) is 25.7 Å². The molecule has 3 rings (SSSR count). The maximum Gasteiger partial charge on any atom is 0.126 e. The molecule has 2 nitrogen and oxygen atoms in total. The summed E-state index contributed by atoms with van der Waals surface area (Å²) in [5.41, 5.74) is 7.57. The van der Waals surface area contributed by atoms with E-state index in [4.69, 9.17) is 10.5 Å². The third-order valence-corrected chi connectivity index (χ3v) is 5.39. The molecule has 2 unspecified atom stereocenters. The van der Waals surface area contributed by atoms with Crippen LogP contribution >= 0.6 is 15.9 Å². The van der Waals surface area contributed by atoms with Crippen molar-refractivity contribution in [3.63, 3.8) is 0 Å². The molecule has 0 amide bonds. The topological polar surface area (TPSA) is 35.2 Å². The molecular formula is C16H22BrNO. The standard InChI is InChI=1S/C16H22BrNO/c1-2-11-5-3-4-8-16(11)10-14(18)13-7-6-12(17)9-15(13)19-16/h6-7,9,11,14H,2-5,8,10,18H2,1H3/t11?,14-,16?/m1/s1. The maximum absolute atomic E-state index is 6.51. The summed E-state index contributed by atoms with van der Waals surface area (Å²) in [4.78, 5) is 0. The molecule has 3 atom stereocenters. The fraction of sp³-hybridized carbons (Fsp3) is 0.625. The van der Waals surface area contributed by atoms with Crippen LogP contribution in [0.5, 0.6) is 5.75 Å². The van der Waals surface area contributed by atoms with Crippen molar-refractivity contribution in [2.24, 2.45) is 11.7 Å². The number of benzene rings is 1. The molecule has 1 aromatic carbocycles. The Morgan fingerprint density at radius 3 is 3.05 bits per heavy atom. The van der Waals surface area contributed by atoms with Gasteiger partial charge in [-0.05, 0) is 43.7 Å². The first-order valence-corrected chi connectivity index (χ1v) is 8.18. The second-order valence-corrected chi connectivity index (χ2v) is 6.93. The molecule has 1 fully saturated rings. The Morgan fingerprint density at radius 2 is 2.26 bits per heavy atom. The molecular weight excluding hydrogens is 302 g/mol. The van der Waals surface area contributed by atoms with E-state index in [1.807, 2.05) is 0 Å². The molecule has 1 aliphatic carbocycles. The van der Waals surface area contributed by atoms with Gasteiger partial charge in [-0.25, -0.2) is 0 Å². The van der Waals surface area contributed by atoms with Crippen LogP contribution in [0.2, 0.25) is 0 Å². The van der Waals surface area contributed by atoms with Crippen LogP contribution in [0.3, 0.4) is 0 Å². The van der Waals surface area contributed by atoms with Gasteiger partial charge in [-0.15, -0.1) is 0 Å². The van der Waals surface area contributed by atoms with Gasteiger partial charge in [0.15, 0.2) is 0 Å². The smallest absolute Gasteiger partial charge is 0.126 e. The van der Waals surface area contributed by atoms with Gasteiger partial charge in [0.05, 0.1) is 0 Å². The number of hydrogen-bond acceptors (Lipinski definition) is 2. The minimum Gasteiger partial charge on any atom is -0.487 e. The van der Waals surface area contributed by atoms with Gasteiger partial charge in [0.25, 0.3) is 0 Å². The quantitative estimate of drug-likeness (QED) is 0.821. The fourth-order valence-corrected chi connectivity index (χ4v) is 4.25. The highest BCUT2D eigenvalue weighted by atomic mass is 79.9. The van der Waals surface area contributed by atoms with Crippen molar-refractivity contribution in [3.8, 4) is 5.75 Å². The van der Waals surface area contributed by atoms with Crippen LogP contribution in [-0.2, 0) is 0 Å². The number of hydrogen-bond donors (Lipinski definition) is 1. The van der Waals surface area contributed by atoms with Crippen molar-refractivity contribution in [1.82, 2.24) is 0 Å². The molecule has 1 aromatic rings. The van der Waals surface area contributed by atoms with Crippen molar-refractivity contribution in [2.75, 3.05) is 0 Å². The van der Waals surface area contributed by atoms with Crippen LogP contribution in [0, 0.1) is 5.92 Å². The lowest BCUT2D eigenvalue weighted by Crippen LogP contribution is -2.50. The zero-order chi connectivity index (χ0) is 13.5. The average molecular weight is 324 g/mol. The number of nitrogens with two attached hydrogens (primary N) is 1. The second kappa shape index (κ2) is 5.10. The summed E-state index contributed by atoms with van der Waals surface area (Å²) in [7, 11) is 0. The number of rotatable bonds is 1. The maximum atomic E-state index is 6.51. The van der Waals surface area contributed by atoms with Crippen molar-refractivity contribution < 1.29 is 4.74 Å².